The van der Waals surface area contributed by atoms with Crippen molar-refractivity contribution in [3.05, 3.63) is 98.3 Å². The van der Waals surface area contributed by atoms with Crippen LogP contribution in [0.2, 0.25) is 5.02 Å². The molecule has 0 unspecified atom stereocenters. The zero-order valence-corrected chi connectivity index (χ0v) is 16.2. The number of nitrogens with one attached hydrogen (secondary N) is 1. The van der Waals surface area contributed by atoms with Crippen LogP contribution in [0, 0.1) is 5.82 Å². The van der Waals surface area contributed by atoms with Gasteiger partial charge >= 0.3 is 5.69 Å². The van der Waals surface area contributed by atoms with Crippen molar-refractivity contribution in [2.45, 2.75) is 13.1 Å². The van der Waals surface area contributed by atoms with E-state index in [-0.39, 0.29) is 22.6 Å². The number of carbonyl (C=O) groups excluding carboxylic acids is 1. The van der Waals surface area contributed by atoms with E-state index in [1.165, 1.54) is 23.0 Å². The second-order valence-corrected chi connectivity index (χ2v) is 6.94. The lowest BCUT2D eigenvalue weighted by molar-refractivity contribution is -0.116. The van der Waals surface area contributed by atoms with Crippen LogP contribution in [0.1, 0.15) is 5.76 Å². The summed E-state index contributed by atoms with van der Waals surface area (Å²) in [5.41, 5.74) is -0.765. The molecular weight excluding hydrogens is 413 g/mol. The minimum atomic E-state index is -0.671. The quantitative estimate of drug-likeness (QED) is 0.529. The van der Waals surface area contributed by atoms with Crippen LogP contribution in [0.5, 0.6) is 0 Å². The summed E-state index contributed by atoms with van der Waals surface area (Å²) in [4.78, 5) is 38.5. The number of anilines is 1. The highest BCUT2D eigenvalue weighted by molar-refractivity contribution is 6.33. The molecule has 2 aromatic heterocycles. The van der Waals surface area contributed by atoms with Crippen molar-refractivity contribution in [2.24, 2.45) is 0 Å². The summed E-state index contributed by atoms with van der Waals surface area (Å²) in [6.07, 6.45) is 1.44. The van der Waals surface area contributed by atoms with Crippen molar-refractivity contribution >= 4 is 34.1 Å². The first-order chi connectivity index (χ1) is 14.4. The van der Waals surface area contributed by atoms with Crippen LogP contribution in [-0.2, 0) is 17.9 Å². The third kappa shape index (κ3) is 3.77. The molecule has 30 heavy (non-hydrogen) atoms. The monoisotopic (exact) mass is 427 g/mol. The van der Waals surface area contributed by atoms with E-state index in [0.717, 1.165) is 10.6 Å². The van der Waals surface area contributed by atoms with E-state index in [9.17, 15) is 18.8 Å². The van der Waals surface area contributed by atoms with Crippen molar-refractivity contribution in [2.75, 3.05) is 5.32 Å². The summed E-state index contributed by atoms with van der Waals surface area (Å²) in [5.74, 6) is -0.741. The molecule has 152 valence electrons. The third-order valence-corrected chi connectivity index (χ3v) is 4.86. The van der Waals surface area contributed by atoms with Crippen LogP contribution < -0.4 is 16.6 Å². The lowest BCUT2D eigenvalue weighted by Gasteiger charge is -2.14. The van der Waals surface area contributed by atoms with Crippen molar-refractivity contribution < 1.29 is 13.6 Å². The Balaban J connectivity index is 1.76. The van der Waals surface area contributed by atoms with Gasteiger partial charge in [0.25, 0.3) is 5.56 Å². The fourth-order valence-corrected chi connectivity index (χ4v) is 3.31. The minimum Gasteiger partial charge on any atom is -0.467 e. The van der Waals surface area contributed by atoms with Gasteiger partial charge < -0.3 is 9.73 Å². The number of rotatable bonds is 5. The van der Waals surface area contributed by atoms with E-state index in [4.69, 9.17) is 16.0 Å². The summed E-state index contributed by atoms with van der Waals surface area (Å²) in [7, 11) is 0. The predicted molar refractivity (Wildman–Crippen MR) is 110 cm³/mol. The smallest absolute Gasteiger partial charge is 0.332 e. The summed E-state index contributed by atoms with van der Waals surface area (Å²) in [5, 5.41) is 2.93. The van der Waals surface area contributed by atoms with Crippen molar-refractivity contribution in [3.8, 4) is 0 Å². The minimum absolute atomic E-state index is 0.0765. The molecule has 4 rings (SSSR count). The lowest BCUT2D eigenvalue weighted by atomic mass is 10.2. The number of halogens is 2. The van der Waals surface area contributed by atoms with Gasteiger partial charge in [0.05, 0.1) is 34.4 Å². The molecule has 0 spiro atoms. The average Bonchev–Trinajstić information content (AvgIpc) is 3.24. The number of hydrogen-bond acceptors (Lipinski definition) is 4. The molecule has 0 radical (unpaired) electrons. The maximum absolute atomic E-state index is 13.5. The lowest BCUT2D eigenvalue weighted by Crippen LogP contribution is -2.42. The molecule has 9 heteroatoms. The first-order valence-electron chi connectivity index (χ1n) is 8.93. The summed E-state index contributed by atoms with van der Waals surface area (Å²) in [6, 6.07) is 13.3. The van der Waals surface area contributed by atoms with Gasteiger partial charge in [-0.2, -0.15) is 0 Å². The molecule has 7 nitrogen and oxygen atoms in total. The fraction of sp³-hybridized carbons (Fsp3) is 0.0952. The molecule has 1 amide bonds. The number of amides is 1. The van der Waals surface area contributed by atoms with E-state index in [2.05, 4.69) is 5.32 Å². The first kappa shape index (κ1) is 19.7. The van der Waals surface area contributed by atoms with Gasteiger partial charge in [0, 0.05) is 0 Å². The Hall–Kier alpha value is -3.65. The number of para-hydroxylation sites is 1. The van der Waals surface area contributed by atoms with Crippen LogP contribution in [0.3, 0.4) is 0 Å². The average molecular weight is 428 g/mol. The molecule has 2 heterocycles. The molecule has 1 N–H and O–H groups in total. The van der Waals surface area contributed by atoms with Crippen molar-refractivity contribution in [1.82, 2.24) is 9.13 Å². The van der Waals surface area contributed by atoms with Gasteiger partial charge in [0.15, 0.2) is 0 Å². The topological polar surface area (TPSA) is 86.2 Å². The van der Waals surface area contributed by atoms with Gasteiger partial charge in [-0.3, -0.25) is 18.7 Å². The van der Waals surface area contributed by atoms with Gasteiger partial charge in [-0.1, -0.05) is 23.7 Å². The largest absolute Gasteiger partial charge is 0.467 e. The molecule has 2 aromatic carbocycles. The summed E-state index contributed by atoms with van der Waals surface area (Å²) < 4.78 is 20.9. The third-order valence-electron chi connectivity index (χ3n) is 4.53. The normalized spacial score (nSPS) is 11.0. The molecule has 0 atom stereocenters. The Morgan fingerprint density at radius 1 is 1.07 bits per heavy atom. The maximum atomic E-state index is 13.5. The number of benzene rings is 2. The molecule has 0 aliphatic rings. The van der Waals surface area contributed by atoms with Gasteiger partial charge in [0.2, 0.25) is 5.91 Å². The van der Waals surface area contributed by atoms with E-state index in [0.29, 0.717) is 11.3 Å². The van der Waals surface area contributed by atoms with Crippen LogP contribution in [0.4, 0.5) is 10.1 Å². The molecule has 0 aliphatic heterocycles. The second-order valence-electron chi connectivity index (χ2n) is 6.53. The van der Waals surface area contributed by atoms with E-state index in [1.807, 2.05) is 0 Å². The van der Waals surface area contributed by atoms with Gasteiger partial charge in [-0.05, 0) is 42.5 Å². The maximum Gasteiger partial charge on any atom is 0.332 e. The zero-order chi connectivity index (χ0) is 21.3. The van der Waals surface area contributed by atoms with Crippen molar-refractivity contribution in [3.63, 3.8) is 0 Å². The Morgan fingerprint density at radius 3 is 2.63 bits per heavy atom. The molecule has 0 saturated carbocycles. The molecule has 0 fully saturated rings. The van der Waals surface area contributed by atoms with Gasteiger partial charge in [-0.15, -0.1) is 0 Å². The Kier molecular flexibility index (Phi) is 5.24. The highest BCUT2D eigenvalue weighted by Crippen LogP contribution is 2.22. The van der Waals surface area contributed by atoms with Crippen LogP contribution in [0.15, 0.2) is 74.9 Å². The second kappa shape index (κ2) is 8.00. The van der Waals surface area contributed by atoms with Crippen LogP contribution in [-0.4, -0.2) is 15.0 Å². The summed E-state index contributed by atoms with van der Waals surface area (Å²) in [6.45, 7) is -0.475. The number of hydrogen-bond donors (Lipinski definition) is 1. The number of aromatic nitrogens is 2. The Morgan fingerprint density at radius 2 is 1.87 bits per heavy atom. The Labute approximate surface area is 173 Å². The number of fused-ring (bicyclic) bond motifs is 1. The highest BCUT2D eigenvalue weighted by atomic mass is 35.5. The van der Waals surface area contributed by atoms with Gasteiger partial charge in [-0.25, -0.2) is 9.18 Å². The number of furan rings is 1. The number of carbonyl (C=O) groups is 1. The van der Waals surface area contributed by atoms with Crippen LogP contribution >= 0.6 is 11.6 Å². The first-order valence-corrected chi connectivity index (χ1v) is 9.31. The van der Waals surface area contributed by atoms with E-state index < -0.39 is 29.5 Å². The molecule has 0 aliphatic carbocycles. The molecule has 0 bridgehead atoms. The number of nitrogens with zero attached hydrogens (tertiary/aromatic N) is 2. The fourth-order valence-electron chi connectivity index (χ4n) is 3.15. The van der Waals surface area contributed by atoms with E-state index >= 15 is 0 Å². The molecule has 0 saturated heterocycles. The molecular formula is C21H15ClFN3O4. The summed E-state index contributed by atoms with van der Waals surface area (Å²) >= 11 is 5.99. The zero-order valence-electron chi connectivity index (χ0n) is 15.5. The predicted octanol–water partition coefficient (Wildman–Crippen LogP) is 3.24. The van der Waals surface area contributed by atoms with Crippen LogP contribution in [0.25, 0.3) is 10.9 Å². The van der Waals surface area contributed by atoms with E-state index in [1.54, 1.807) is 36.4 Å². The molecule has 4 aromatic rings. The highest BCUT2D eigenvalue weighted by Gasteiger charge is 2.17. The SMILES string of the molecule is O=C(Cn1c(=O)n(Cc2ccco2)c(=O)c2ccccc21)Nc1cc(F)ccc1Cl. The Bertz CT molecular complexity index is 1360. The standard InChI is InChI=1S/C21H15ClFN3O4/c22-16-8-7-13(23)10-17(16)24-19(27)12-25-18-6-2-1-5-15(18)20(28)26(21(25)29)11-14-4-3-9-30-14/h1-10H,11-12H2,(H,24,27). The van der Waals surface area contributed by atoms with Crippen molar-refractivity contribution in [1.29, 1.82) is 0 Å². The van der Waals surface area contributed by atoms with Gasteiger partial charge in [0.1, 0.15) is 18.1 Å².